The summed E-state index contributed by atoms with van der Waals surface area (Å²) in [5.74, 6) is -0.244. The molecule has 17 heavy (non-hydrogen) atoms. The van der Waals surface area contributed by atoms with Crippen LogP contribution >= 0.6 is 0 Å². The topological polar surface area (TPSA) is 69.0 Å². The molecule has 6 heteroatoms. The Kier molecular flexibility index (Phi) is 5.09. The van der Waals surface area contributed by atoms with Crippen LogP contribution in [0.1, 0.15) is 26.7 Å². The minimum Gasteiger partial charge on any atom is -0.468 e. The Morgan fingerprint density at radius 1 is 1.59 bits per heavy atom. The van der Waals surface area contributed by atoms with Crippen molar-refractivity contribution in [3.63, 3.8) is 0 Å². The van der Waals surface area contributed by atoms with Crippen LogP contribution in [-0.2, 0) is 16.1 Å². The minimum atomic E-state index is -0.670. The van der Waals surface area contributed by atoms with E-state index in [4.69, 9.17) is 4.74 Å². The van der Waals surface area contributed by atoms with Crippen molar-refractivity contribution in [3.8, 4) is 0 Å². The van der Waals surface area contributed by atoms with Gasteiger partial charge in [-0.2, -0.15) is 5.10 Å². The number of carbonyl (C=O) groups is 1. The Bertz CT molecular complexity index is 339. The standard InChI is InChI=1S/C11H20N4O2/c1-4-6-13-11(2,10(16)17-3)5-7-15-9-12-8-14-15/h8-9,13H,4-7H2,1-3H3. The molecule has 0 saturated carbocycles. The number of rotatable bonds is 7. The summed E-state index contributed by atoms with van der Waals surface area (Å²) < 4.78 is 6.54. The van der Waals surface area contributed by atoms with Crippen LogP contribution in [0, 0.1) is 0 Å². The number of nitrogens with zero attached hydrogens (tertiary/aromatic N) is 3. The molecule has 96 valence electrons. The molecule has 0 saturated heterocycles. The first-order valence-electron chi connectivity index (χ1n) is 5.78. The Morgan fingerprint density at radius 3 is 2.88 bits per heavy atom. The monoisotopic (exact) mass is 240 g/mol. The van der Waals surface area contributed by atoms with Gasteiger partial charge in [-0.3, -0.25) is 9.48 Å². The molecule has 1 atom stereocenters. The molecule has 1 rings (SSSR count). The highest BCUT2D eigenvalue weighted by Crippen LogP contribution is 2.13. The second kappa shape index (κ2) is 6.34. The van der Waals surface area contributed by atoms with Gasteiger partial charge in [0.25, 0.3) is 0 Å². The van der Waals surface area contributed by atoms with Gasteiger partial charge >= 0.3 is 5.97 Å². The average Bonchev–Trinajstić information content (AvgIpc) is 2.86. The Morgan fingerprint density at radius 2 is 2.35 bits per heavy atom. The maximum atomic E-state index is 11.8. The third kappa shape index (κ3) is 3.81. The second-order valence-corrected chi connectivity index (χ2v) is 4.16. The van der Waals surface area contributed by atoms with E-state index >= 15 is 0 Å². The lowest BCUT2D eigenvalue weighted by Gasteiger charge is -2.27. The summed E-state index contributed by atoms with van der Waals surface area (Å²) in [7, 11) is 1.41. The number of hydrogen-bond acceptors (Lipinski definition) is 5. The van der Waals surface area contributed by atoms with Crippen LogP contribution < -0.4 is 5.32 Å². The first kappa shape index (κ1) is 13.6. The summed E-state index contributed by atoms with van der Waals surface area (Å²) in [6.45, 7) is 5.32. The minimum absolute atomic E-state index is 0.244. The summed E-state index contributed by atoms with van der Waals surface area (Å²) in [6.07, 6.45) is 4.70. The van der Waals surface area contributed by atoms with E-state index in [-0.39, 0.29) is 5.97 Å². The molecular formula is C11H20N4O2. The third-order valence-electron chi connectivity index (χ3n) is 2.71. The predicted molar refractivity (Wildman–Crippen MR) is 63.4 cm³/mol. The number of nitrogens with one attached hydrogen (secondary N) is 1. The molecule has 0 aliphatic rings. The van der Waals surface area contributed by atoms with E-state index in [9.17, 15) is 4.79 Å². The Hall–Kier alpha value is -1.43. The molecule has 0 bridgehead atoms. The zero-order valence-electron chi connectivity index (χ0n) is 10.6. The van der Waals surface area contributed by atoms with Gasteiger partial charge in [0.05, 0.1) is 7.11 Å². The lowest BCUT2D eigenvalue weighted by molar-refractivity contribution is -0.148. The highest BCUT2D eigenvalue weighted by molar-refractivity contribution is 5.80. The summed E-state index contributed by atoms with van der Waals surface area (Å²) in [6, 6.07) is 0. The zero-order valence-corrected chi connectivity index (χ0v) is 10.6. The van der Waals surface area contributed by atoms with E-state index in [0.29, 0.717) is 13.0 Å². The van der Waals surface area contributed by atoms with Crippen molar-refractivity contribution in [1.29, 1.82) is 0 Å². The highest BCUT2D eigenvalue weighted by atomic mass is 16.5. The molecule has 0 amide bonds. The van der Waals surface area contributed by atoms with Gasteiger partial charge in [-0.1, -0.05) is 6.92 Å². The fraction of sp³-hybridized carbons (Fsp3) is 0.727. The molecule has 1 heterocycles. The van der Waals surface area contributed by atoms with Gasteiger partial charge in [-0.15, -0.1) is 0 Å². The number of esters is 1. The van der Waals surface area contributed by atoms with Crippen molar-refractivity contribution < 1.29 is 9.53 Å². The van der Waals surface area contributed by atoms with Crippen LogP contribution in [0.2, 0.25) is 0 Å². The molecular weight excluding hydrogens is 220 g/mol. The number of ether oxygens (including phenoxy) is 1. The number of hydrogen-bond donors (Lipinski definition) is 1. The van der Waals surface area contributed by atoms with E-state index < -0.39 is 5.54 Å². The lowest BCUT2D eigenvalue weighted by Crippen LogP contribution is -2.51. The molecule has 0 aromatic carbocycles. The average molecular weight is 240 g/mol. The molecule has 0 spiro atoms. The Balaban J connectivity index is 2.59. The van der Waals surface area contributed by atoms with Crippen molar-refractivity contribution in [1.82, 2.24) is 20.1 Å². The molecule has 1 unspecified atom stereocenters. The van der Waals surface area contributed by atoms with Gasteiger partial charge < -0.3 is 10.1 Å². The van der Waals surface area contributed by atoms with Gasteiger partial charge in [0.1, 0.15) is 18.2 Å². The van der Waals surface area contributed by atoms with Gasteiger partial charge in [0, 0.05) is 6.54 Å². The van der Waals surface area contributed by atoms with Crippen molar-refractivity contribution >= 4 is 5.97 Å². The molecule has 0 radical (unpaired) electrons. The molecule has 1 N–H and O–H groups in total. The van der Waals surface area contributed by atoms with Gasteiger partial charge in [-0.25, -0.2) is 4.98 Å². The number of methoxy groups -OCH3 is 1. The third-order valence-corrected chi connectivity index (χ3v) is 2.71. The van der Waals surface area contributed by atoms with E-state index in [1.807, 2.05) is 6.92 Å². The van der Waals surface area contributed by atoms with Gasteiger partial charge in [-0.05, 0) is 26.3 Å². The van der Waals surface area contributed by atoms with Crippen LogP contribution in [0.25, 0.3) is 0 Å². The lowest BCUT2D eigenvalue weighted by atomic mass is 9.97. The van der Waals surface area contributed by atoms with Gasteiger partial charge in [0.2, 0.25) is 0 Å². The zero-order chi connectivity index (χ0) is 12.7. The highest BCUT2D eigenvalue weighted by Gasteiger charge is 2.33. The van der Waals surface area contributed by atoms with E-state index in [0.717, 1.165) is 13.0 Å². The SMILES string of the molecule is CCCNC(C)(CCn1cncn1)C(=O)OC. The molecule has 6 nitrogen and oxygen atoms in total. The number of aromatic nitrogens is 3. The summed E-state index contributed by atoms with van der Waals surface area (Å²) in [5.41, 5.74) is -0.670. The van der Waals surface area contributed by atoms with E-state index in [1.54, 1.807) is 11.0 Å². The fourth-order valence-corrected chi connectivity index (χ4v) is 1.58. The van der Waals surface area contributed by atoms with Crippen molar-refractivity contribution in [3.05, 3.63) is 12.7 Å². The van der Waals surface area contributed by atoms with Crippen molar-refractivity contribution in [2.75, 3.05) is 13.7 Å². The smallest absolute Gasteiger partial charge is 0.325 e. The summed E-state index contributed by atoms with van der Waals surface area (Å²) in [5, 5.41) is 7.23. The molecule has 0 aliphatic carbocycles. The maximum absolute atomic E-state index is 11.8. The van der Waals surface area contributed by atoms with Crippen molar-refractivity contribution in [2.24, 2.45) is 0 Å². The van der Waals surface area contributed by atoms with E-state index in [2.05, 4.69) is 22.3 Å². The molecule has 1 aromatic heterocycles. The maximum Gasteiger partial charge on any atom is 0.325 e. The molecule has 1 aromatic rings. The second-order valence-electron chi connectivity index (χ2n) is 4.16. The summed E-state index contributed by atoms with van der Waals surface area (Å²) in [4.78, 5) is 15.6. The summed E-state index contributed by atoms with van der Waals surface area (Å²) >= 11 is 0. The first-order chi connectivity index (χ1) is 8.12. The molecule has 0 fully saturated rings. The van der Waals surface area contributed by atoms with E-state index in [1.165, 1.54) is 13.4 Å². The van der Waals surface area contributed by atoms with Crippen LogP contribution in [-0.4, -0.2) is 39.9 Å². The van der Waals surface area contributed by atoms with Crippen LogP contribution in [0.5, 0.6) is 0 Å². The number of aryl methyl sites for hydroxylation is 1. The normalized spacial score (nSPS) is 14.3. The van der Waals surface area contributed by atoms with Crippen LogP contribution in [0.15, 0.2) is 12.7 Å². The quantitative estimate of drug-likeness (QED) is 0.707. The molecule has 0 aliphatic heterocycles. The van der Waals surface area contributed by atoms with Crippen LogP contribution in [0.4, 0.5) is 0 Å². The fourth-order valence-electron chi connectivity index (χ4n) is 1.58. The van der Waals surface area contributed by atoms with Crippen molar-refractivity contribution in [2.45, 2.75) is 38.8 Å². The number of carbonyl (C=O) groups excluding carboxylic acids is 1. The van der Waals surface area contributed by atoms with Crippen LogP contribution in [0.3, 0.4) is 0 Å². The first-order valence-corrected chi connectivity index (χ1v) is 5.78. The van der Waals surface area contributed by atoms with Gasteiger partial charge in [0.15, 0.2) is 0 Å². The Labute approximate surface area is 101 Å². The largest absolute Gasteiger partial charge is 0.468 e. The predicted octanol–water partition coefficient (Wildman–Crippen LogP) is 0.599.